The van der Waals surface area contributed by atoms with Gasteiger partial charge in [-0.25, -0.2) is 4.39 Å². The minimum atomic E-state index is -0.443. The first-order valence-electron chi connectivity index (χ1n) is 7.57. The molecule has 7 nitrogen and oxygen atoms in total. The van der Waals surface area contributed by atoms with Gasteiger partial charge in [-0.2, -0.15) is 10.1 Å². The van der Waals surface area contributed by atoms with Gasteiger partial charge in [0.15, 0.2) is 0 Å². The Morgan fingerprint density at radius 1 is 1.36 bits per heavy atom. The van der Waals surface area contributed by atoms with Crippen molar-refractivity contribution in [3.8, 4) is 11.4 Å². The molecule has 4 heterocycles. The molecule has 118 valence electrons. The van der Waals surface area contributed by atoms with Gasteiger partial charge in [-0.3, -0.25) is 9.58 Å². The molecular weight excluding hydrogens is 289 g/mol. The summed E-state index contributed by atoms with van der Waals surface area (Å²) in [6, 6.07) is 0.539. The molecule has 2 aliphatic heterocycles. The Bertz CT molecular complexity index is 631. The molecule has 2 aliphatic rings. The number of aryl methyl sites for hydroxylation is 1. The van der Waals surface area contributed by atoms with Gasteiger partial charge in [0.05, 0.1) is 30.8 Å². The van der Waals surface area contributed by atoms with Crippen LogP contribution >= 0.6 is 0 Å². The molecule has 4 rings (SSSR count). The Labute approximate surface area is 127 Å². The molecule has 0 radical (unpaired) electrons. The molecule has 0 saturated carbocycles. The van der Waals surface area contributed by atoms with Crippen molar-refractivity contribution in [3.05, 3.63) is 18.3 Å². The quantitative estimate of drug-likeness (QED) is 0.823. The van der Waals surface area contributed by atoms with E-state index in [1.54, 1.807) is 12.4 Å². The maximum Gasteiger partial charge on any atom is 0.232 e. The largest absolute Gasteiger partial charge is 0.380 e. The number of halogens is 1. The summed E-state index contributed by atoms with van der Waals surface area (Å²) in [5, 5.41) is 8.08. The van der Waals surface area contributed by atoms with E-state index in [-0.39, 0.29) is 6.54 Å². The Morgan fingerprint density at radius 3 is 3.05 bits per heavy atom. The van der Waals surface area contributed by atoms with E-state index >= 15 is 0 Å². The maximum atomic E-state index is 12.3. The number of hydrogen-bond donors (Lipinski definition) is 0. The van der Waals surface area contributed by atoms with Gasteiger partial charge in [-0.05, 0) is 6.42 Å². The highest BCUT2D eigenvalue weighted by atomic mass is 19.1. The van der Waals surface area contributed by atoms with Crippen LogP contribution in [-0.2, 0) is 11.3 Å². The molecule has 2 aromatic rings. The topological polar surface area (TPSA) is 69.2 Å². The Balaban J connectivity index is 1.39. The van der Waals surface area contributed by atoms with Gasteiger partial charge in [0, 0.05) is 31.9 Å². The Kier molecular flexibility index (Phi) is 3.63. The standard InChI is InChI=1S/C14H18FN5O2/c15-2-3-20-8-10(5-16-20)13-17-14(22-18-13)11-6-19(7-11)12-1-4-21-9-12/h5,8,11-12H,1-4,6-7,9H2. The zero-order valence-electron chi connectivity index (χ0n) is 12.2. The van der Waals surface area contributed by atoms with E-state index in [2.05, 4.69) is 20.1 Å². The third kappa shape index (κ3) is 2.52. The molecular formula is C14H18FN5O2. The highest BCUT2D eigenvalue weighted by molar-refractivity contribution is 5.51. The average Bonchev–Trinajstić information content (AvgIpc) is 3.17. The molecule has 22 heavy (non-hydrogen) atoms. The predicted octanol–water partition coefficient (Wildman–Crippen LogP) is 1.09. The van der Waals surface area contributed by atoms with Crippen LogP contribution in [0.1, 0.15) is 18.2 Å². The summed E-state index contributed by atoms with van der Waals surface area (Å²) in [5.74, 6) is 1.48. The van der Waals surface area contributed by atoms with E-state index in [9.17, 15) is 4.39 Å². The molecule has 0 aromatic carbocycles. The van der Waals surface area contributed by atoms with Crippen molar-refractivity contribution in [1.82, 2.24) is 24.8 Å². The summed E-state index contributed by atoms with van der Waals surface area (Å²) in [5.41, 5.74) is 0.754. The lowest BCUT2D eigenvalue weighted by Crippen LogP contribution is -2.51. The smallest absolute Gasteiger partial charge is 0.232 e. The van der Waals surface area contributed by atoms with E-state index in [1.165, 1.54) is 4.68 Å². The van der Waals surface area contributed by atoms with Gasteiger partial charge in [-0.1, -0.05) is 5.16 Å². The van der Waals surface area contributed by atoms with Gasteiger partial charge in [-0.15, -0.1) is 0 Å². The number of aromatic nitrogens is 4. The zero-order chi connectivity index (χ0) is 14.9. The van der Waals surface area contributed by atoms with Crippen LogP contribution < -0.4 is 0 Å². The first kappa shape index (κ1) is 13.8. The highest BCUT2D eigenvalue weighted by Crippen LogP contribution is 2.30. The molecule has 0 spiro atoms. The number of likely N-dealkylation sites (tertiary alicyclic amines) is 1. The summed E-state index contributed by atoms with van der Waals surface area (Å²) in [4.78, 5) is 6.86. The van der Waals surface area contributed by atoms with Gasteiger partial charge in [0.2, 0.25) is 11.7 Å². The van der Waals surface area contributed by atoms with Crippen LogP contribution in [0.2, 0.25) is 0 Å². The number of ether oxygens (including phenoxy) is 1. The predicted molar refractivity (Wildman–Crippen MR) is 75.0 cm³/mol. The Hall–Kier alpha value is -1.80. The fourth-order valence-electron chi connectivity index (χ4n) is 2.98. The molecule has 0 bridgehead atoms. The van der Waals surface area contributed by atoms with Gasteiger partial charge >= 0.3 is 0 Å². The van der Waals surface area contributed by atoms with Crippen LogP contribution in [0.15, 0.2) is 16.9 Å². The van der Waals surface area contributed by atoms with Crippen molar-refractivity contribution in [2.24, 2.45) is 0 Å². The minimum absolute atomic E-state index is 0.242. The van der Waals surface area contributed by atoms with E-state index < -0.39 is 6.67 Å². The Morgan fingerprint density at radius 2 is 2.27 bits per heavy atom. The van der Waals surface area contributed by atoms with Crippen LogP contribution in [0.3, 0.4) is 0 Å². The summed E-state index contributed by atoms with van der Waals surface area (Å²) < 4.78 is 24.6. The highest BCUT2D eigenvalue weighted by Gasteiger charge is 2.37. The molecule has 1 unspecified atom stereocenters. The van der Waals surface area contributed by atoms with Crippen molar-refractivity contribution < 1.29 is 13.7 Å². The van der Waals surface area contributed by atoms with Gasteiger partial charge < -0.3 is 9.26 Å². The number of nitrogens with zero attached hydrogens (tertiary/aromatic N) is 5. The molecule has 8 heteroatoms. The fraction of sp³-hybridized carbons (Fsp3) is 0.643. The normalized spacial score (nSPS) is 23.0. The summed E-state index contributed by atoms with van der Waals surface area (Å²) in [6.45, 7) is 3.37. The first-order chi connectivity index (χ1) is 10.8. The van der Waals surface area contributed by atoms with Crippen molar-refractivity contribution in [2.45, 2.75) is 24.9 Å². The van der Waals surface area contributed by atoms with E-state index in [0.29, 0.717) is 23.7 Å². The molecule has 0 aliphatic carbocycles. The van der Waals surface area contributed by atoms with E-state index in [0.717, 1.165) is 38.3 Å². The summed E-state index contributed by atoms with van der Waals surface area (Å²) in [6.07, 6.45) is 4.47. The lowest BCUT2D eigenvalue weighted by molar-refractivity contribution is 0.0651. The second kappa shape index (κ2) is 5.77. The average molecular weight is 307 g/mol. The molecule has 2 saturated heterocycles. The van der Waals surface area contributed by atoms with E-state index in [4.69, 9.17) is 9.26 Å². The van der Waals surface area contributed by atoms with Gasteiger partial charge in [0.1, 0.15) is 6.67 Å². The van der Waals surface area contributed by atoms with Crippen LogP contribution in [-0.4, -0.2) is 63.8 Å². The fourth-order valence-corrected chi connectivity index (χ4v) is 2.98. The van der Waals surface area contributed by atoms with E-state index in [1.807, 2.05) is 0 Å². The first-order valence-corrected chi connectivity index (χ1v) is 7.57. The molecule has 2 aromatic heterocycles. The van der Waals surface area contributed by atoms with Crippen LogP contribution in [0.25, 0.3) is 11.4 Å². The molecule has 0 N–H and O–H groups in total. The third-order valence-electron chi connectivity index (χ3n) is 4.33. The van der Waals surface area contributed by atoms with Crippen LogP contribution in [0.5, 0.6) is 0 Å². The number of rotatable bonds is 5. The lowest BCUT2D eigenvalue weighted by atomic mass is 9.97. The van der Waals surface area contributed by atoms with Crippen LogP contribution in [0, 0.1) is 0 Å². The zero-order valence-corrected chi connectivity index (χ0v) is 12.2. The summed E-state index contributed by atoms with van der Waals surface area (Å²) >= 11 is 0. The van der Waals surface area contributed by atoms with Crippen molar-refractivity contribution in [3.63, 3.8) is 0 Å². The third-order valence-corrected chi connectivity index (χ3v) is 4.33. The van der Waals surface area contributed by atoms with Crippen molar-refractivity contribution in [2.75, 3.05) is 33.0 Å². The number of alkyl halides is 1. The SMILES string of the molecule is FCCn1cc(-c2noc(C3CN(C4CCOC4)C3)n2)cn1. The minimum Gasteiger partial charge on any atom is -0.380 e. The summed E-state index contributed by atoms with van der Waals surface area (Å²) in [7, 11) is 0. The molecule has 1 atom stereocenters. The maximum absolute atomic E-state index is 12.3. The van der Waals surface area contributed by atoms with Crippen molar-refractivity contribution in [1.29, 1.82) is 0 Å². The monoisotopic (exact) mass is 307 g/mol. The van der Waals surface area contributed by atoms with Gasteiger partial charge in [0.25, 0.3) is 0 Å². The lowest BCUT2D eigenvalue weighted by Gasteiger charge is -2.40. The van der Waals surface area contributed by atoms with Crippen molar-refractivity contribution >= 4 is 0 Å². The molecule has 2 fully saturated rings. The second-order valence-corrected chi connectivity index (χ2v) is 5.81. The second-order valence-electron chi connectivity index (χ2n) is 5.81. The number of hydrogen-bond acceptors (Lipinski definition) is 6. The molecule has 0 amide bonds. The van der Waals surface area contributed by atoms with Crippen LogP contribution in [0.4, 0.5) is 4.39 Å².